The van der Waals surface area contributed by atoms with Crippen LogP contribution in [-0.4, -0.2) is 22.4 Å². The monoisotopic (exact) mass is 293 g/mol. The predicted molar refractivity (Wildman–Crippen MR) is 78.4 cm³/mol. The first-order chi connectivity index (χ1) is 9.47. The standard InChI is InChI=1S/C14H16ClN3O2/c1-4-20-14(19)10-6-5-7-11(13(10)16)18-9(3)12(15)8(2)17-18/h5-7H,4,16H2,1-3H3. The van der Waals surface area contributed by atoms with E-state index in [1.54, 1.807) is 29.8 Å². The number of rotatable bonds is 3. The molecule has 0 bridgehead atoms. The number of nitrogens with zero attached hydrogens (tertiary/aromatic N) is 2. The van der Waals surface area contributed by atoms with Gasteiger partial charge in [-0.2, -0.15) is 5.10 Å². The molecule has 1 aromatic carbocycles. The third-order valence-electron chi connectivity index (χ3n) is 3.01. The zero-order valence-corrected chi connectivity index (χ0v) is 12.4. The molecule has 0 amide bonds. The second-order valence-corrected chi connectivity index (χ2v) is 4.73. The van der Waals surface area contributed by atoms with E-state index in [2.05, 4.69) is 5.10 Å². The molecular formula is C14H16ClN3O2. The molecule has 6 heteroatoms. The van der Waals surface area contributed by atoms with Crippen LogP contribution in [0.3, 0.4) is 0 Å². The van der Waals surface area contributed by atoms with Gasteiger partial charge in [0.15, 0.2) is 0 Å². The Morgan fingerprint density at radius 3 is 2.70 bits per heavy atom. The van der Waals surface area contributed by atoms with Crippen molar-refractivity contribution in [3.05, 3.63) is 40.2 Å². The number of benzene rings is 1. The molecule has 0 aliphatic heterocycles. The minimum absolute atomic E-state index is 0.300. The summed E-state index contributed by atoms with van der Waals surface area (Å²) in [6, 6.07) is 5.15. The van der Waals surface area contributed by atoms with Gasteiger partial charge >= 0.3 is 5.97 Å². The number of anilines is 1. The van der Waals surface area contributed by atoms with Crippen LogP contribution in [-0.2, 0) is 4.74 Å². The van der Waals surface area contributed by atoms with Gasteiger partial charge in [0.1, 0.15) is 0 Å². The van der Waals surface area contributed by atoms with Crippen molar-refractivity contribution in [3.8, 4) is 5.69 Å². The minimum atomic E-state index is -0.445. The van der Waals surface area contributed by atoms with Crippen LogP contribution >= 0.6 is 11.6 Å². The van der Waals surface area contributed by atoms with Gasteiger partial charge in [-0.25, -0.2) is 9.48 Å². The number of esters is 1. The van der Waals surface area contributed by atoms with Crippen molar-refractivity contribution in [1.82, 2.24) is 9.78 Å². The molecule has 0 atom stereocenters. The first-order valence-electron chi connectivity index (χ1n) is 6.25. The van der Waals surface area contributed by atoms with E-state index in [0.717, 1.165) is 5.69 Å². The molecule has 1 heterocycles. The van der Waals surface area contributed by atoms with E-state index in [9.17, 15) is 4.79 Å². The first kappa shape index (κ1) is 14.4. The van der Waals surface area contributed by atoms with Gasteiger partial charge in [0.05, 0.1) is 40.0 Å². The summed E-state index contributed by atoms with van der Waals surface area (Å²) in [5, 5.41) is 4.93. The van der Waals surface area contributed by atoms with Crippen LogP contribution in [0.2, 0.25) is 5.02 Å². The molecule has 0 saturated heterocycles. The number of nitrogens with two attached hydrogens (primary N) is 1. The fourth-order valence-corrected chi connectivity index (χ4v) is 2.10. The number of aryl methyl sites for hydroxylation is 1. The molecule has 0 unspecified atom stereocenters. The Morgan fingerprint density at radius 2 is 2.15 bits per heavy atom. The van der Waals surface area contributed by atoms with E-state index in [1.165, 1.54) is 0 Å². The van der Waals surface area contributed by atoms with Crippen LogP contribution < -0.4 is 5.73 Å². The summed E-state index contributed by atoms with van der Waals surface area (Å²) in [5.74, 6) is -0.445. The van der Waals surface area contributed by atoms with Crippen LogP contribution in [0.4, 0.5) is 5.69 Å². The average molecular weight is 294 g/mol. The molecule has 0 aliphatic carbocycles. The van der Waals surface area contributed by atoms with Crippen LogP contribution in [0.25, 0.3) is 5.69 Å². The van der Waals surface area contributed by atoms with E-state index in [4.69, 9.17) is 22.1 Å². The number of aromatic nitrogens is 2. The molecule has 2 rings (SSSR count). The number of carbonyl (C=O) groups excluding carboxylic acids is 1. The van der Waals surface area contributed by atoms with Gasteiger partial charge < -0.3 is 10.5 Å². The Balaban J connectivity index is 2.56. The van der Waals surface area contributed by atoms with Crippen LogP contribution in [0.15, 0.2) is 18.2 Å². The Hall–Kier alpha value is -2.01. The van der Waals surface area contributed by atoms with Gasteiger partial charge in [0.25, 0.3) is 0 Å². The number of hydrogen-bond acceptors (Lipinski definition) is 4. The highest BCUT2D eigenvalue weighted by Gasteiger charge is 2.17. The van der Waals surface area contributed by atoms with Gasteiger partial charge in [-0.05, 0) is 32.9 Å². The topological polar surface area (TPSA) is 70.1 Å². The fraction of sp³-hybridized carbons (Fsp3) is 0.286. The molecular weight excluding hydrogens is 278 g/mol. The molecule has 0 spiro atoms. The SMILES string of the molecule is CCOC(=O)c1cccc(-n2nc(C)c(Cl)c2C)c1N. The summed E-state index contributed by atoms with van der Waals surface area (Å²) in [6.07, 6.45) is 0. The van der Waals surface area contributed by atoms with E-state index >= 15 is 0 Å². The summed E-state index contributed by atoms with van der Waals surface area (Å²) >= 11 is 6.14. The molecule has 20 heavy (non-hydrogen) atoms. The smallest absolute Gasteiger partial charge is 0.340 e. The lowest BCUT2D eigenvalue weighted by atomic mass is 10.1. The Kier molecular flexibility index (Phi) is 3.99. The maximum Gasteiger partial charge on any atom is 0.340 e. The van der Waals surface area contributed by atoms with Gasteiger partial charge in [-0.15, -0.1) is 0 Å². The van der Waals surface area contributed by atoms with E-state index < -0.39 is 5.97 Å². The van der Waals surface area contributed by atoms with Crippen molar-refractivity contribution in [2.24, 2.45) is 0 Å². The second kappa shape index (κ2) is 5.54. The lowest BCUT2D eigenvalue weighted by molar-refractivity contribution is 0.0527. The maximum atomic E-state index is 11.8. The summed E-state index contributed by atoms with van der Waals surface area (Å²) in [4.78, 5) is 11.8. The molecule has 2 N–H and O–H groups in total. The number of para-hydroxylation sites is 1. The Labute approximate surface area is 122 Å². The average Bonchev–Trinajstić information content (AvgIpc) is 2.67. The van der Waals surface area contributed by atoms with Crippen molar-refractivity contribution in [1.29, 1.82) is 0 Å². The highest BCUT2D eigenvalue weighted by molar-refractivity contribution is 6.31. The van der Waals surface area contributed by atoms with Gasteiger partial charge in [0, 0.05) is 0 Å². The van der Waals surface area contributed by atoms with E-state index in [0.29, 0.717) is 34.3 Å². The number of carbonyl (C=O) groups is 1. The molecule has 0 saturated carbocycles. The van der Waals surface area contributed by atoms with Crippen LogP contribution in [0, 0.1) is 13.8 Å². The van der Waals surface area contributed by atoms with E-state index in [1.807, 2.05) is 13.8 Å². The molecule has 0 aliphatic rings. The van der Waals surface area contributed by atoms with Gasteiger partial charge in [-0.1, -0.05) is 17.7 Å². The second-order valence-electron chi connectivity index (χ2n) is 4.36. The summed E-state index contributed by atoms with van der Waals surface area (Å²) < 4.78 is 6.62. The summed E-state index contributed by atoms with van der Waals surface area (Å²) in [5.41, 5.74) is 8.83. The molecule has 106 valence electrons. The largest absolute Gasteiger partial charge is 0.462 e. The highest BCUT2D eigenvalue weighted by Crippen LogP contribution is 2.27. The van der Waals surface area contributed by atoms with Crippen molar-refractivity contribution in [2.45, 2.75) is 20.8 Å². The van der Waals surface area contributed by atoms with Crippen molar-refractivity contribution in [2.75, 3.05) is 12.3 Å². The number of halogens is 1. The third kappa shape index (κ3) is 2.36. The zero-order chi connectivity index (χ0) is 14.9. The van der Waals surface area contributed by atoms with Crippen molar-refractivity contribution in [3.63, 3.8) is 0 Å². The first-order valence-corrected chi connectivity index (χ1v) is 6.62. The normalized spacial score (nSPS) is 10.6. The van der Waals surface area contributed by atoms with Crippen LogP contribution in [0.5, 0.6) is 0 Å². The summed E-state index contributed by atoms with van der Waals surface area (Å²) in [6.45, 7) is 5.71. The van der Waals surface area contributed by atoms with Crippen molar-refractivity contribution >= 4 is 23.3 Å². The molecule has 1 aromatic heterocycles. The number of nitrogen functional groups attached to an aromatic ring is 1. The lowest BCUT2D eigenvalue weighted by Gasteiger charge is -2.11. The van der Waals surface area contributed by atoms with Crippen LogP contribution in [0.1, 0.15) is 28.7 Å². The van der Waals surface area contributed by atoms with Gasteiger partial charge in [-0.3, -0.25) is 0 Å². The highest BCUT2D eigenvalue weighted by atomic mass is 35.5. The zero-order valence-electron chi connectivity index (χ0n) is 11.6. The minimum Gasteiger partial charge on any atom is -0.462 e. The molecule has 5 nitrogen and oxygen atoms in total. The molecule has 0 radical (unpaired) electrons. The predicted octanol–water partition coefficient (Wildman–Crippen LogP) is 2.90. The number of hydrogen-bond donors (Lipinski definition) is 1. The molecule has 0 fully saturated rings. The lowest BCUT2D eigenvalue weighted by Crippen LogP contribution is -2.11. The Bertz CT molecular complexity index is 665. The van der Waals surface area contributed by atoms with Crippen molar-refractivity contribution < 1.29 is 9.53 Å². The fourth-order valence-electron chi connectivity index (χ4n) is 1.98. The Morgan fingerprint density at radius 1 is 1.45 bits per heavy atom. The van der Waals surface area contributed by atoms with Gasteiger partial charge in [0.2, 0.25) is 0 Å². The summed E-state index contributed by atoms with van der Waals surface area (Å²) in [7, 11) is 0. The quantitative estimate of drug-likeness (QED) is 0.698. The maximum absolute atomic E-state index is 11.8. The third-order valence-corrected chi connectivity index (χ3v) is 3.56. The molecule has 2 aromatic rings. The number of ether oxygens (including phenoxy) is 1. The van der Waals surface area contributed by atoms with E-state index in [-0.39, 0.29) is 0 Å².